The summed E-state index contributed by atoms with van der Waals surface area (Å²) in [7, 11) is -4.02. The summed E-state index contributed by atoms with van der Waals surface area (Å²) in [5.74, 6) is -0.582. The SMILES string of the molecule is Cc1ccc(N(CC(=O)NN=Cc2ccncc2)S(=O)(=O)c2ccc(Cl)cc2)cc1C. The van der Waals surface area contributed by atoms with Crippen molar-refractivity contribution < 1.29 is 13.2 Å². The molecule has 0 saturated heterocycles. The van der Waals surface area contributed by atoms with Crippen LogP contribution in [0, 0.1) is 13.8 Å². The van der Waals surface area contributed by atoms with Gasteiger partial charge >= 0.3 is 0 Å². The monoisotopic (exact) mass is 456 g/mol. The van der Waals surface area contributed by atoms with Crippen LogP contribution < -0.4 is 9.73 Å². The van der Waals surface area contributed by atoms with Crippen LogP contribution in [0.15, 0.2) is 77.0 Å². The first kappa shape index (κ1) is 22.5. The van der Waals surface area contributed by atoms with Crippen molar-refractivity contribution in [2.24, 2.45) is 5.10 Å². The largest absolute Gasteiger partial charge is 0.271 e. The Morgan fingerprint density at radius 1 is 1.06 bits per heavy atom. The molecule has 9 heteroatoms. The third-order valence-electron chi connectivity index (χ3n) is 4.58. The summed E-state index contributed by atoms with van der Waals surface area (Å²) in [6.07, 6.45) is 4.65. The number of hydrazone groups is 1. The molecule has 0 aliphatic heterocycles. The number of aromatic nitrogens is 1. The number of hydrogen-bond donors (Lipinski definition) is 1. The van der Waals surface area contributed by atoms with E-state index in [1.807, 2.05) is 19.9 Å². The van der Waals surface area contributed by atoms with Gasteiger partial charge in [-0.25, -0.2) is 13.8 Å². The number of carbonyl (C=O) groups is 1. The minimum atomic E-state index is -4.02. The molecule has 0 aliphatic rings. The van der Waals surface area contributed by atoms with Gasteiger partial charge in [-0.1, -0.05) is 17.7 Å². The smallest absolute Gasteiger partial charge is 0.264 e. The van der Waals surface area contributed by atoms with Crippen molar-refractivity contribution in [2.75, 3.05) is 10.8 Å². The molecule has 0 saturated carbocycles. The number of sulfonamides is 1. The Hall–Kier alpha value is -3.23. The summed E-state index contributed by atoms with van der Waals surface area (Å²) in [5, 5.41) is 4.31. The van der Waals surface area contributed by atoms with Gasteiger partial charge in [0.2, 0.25) is 0 Å². The van der Waals surface area contributed by atoms with Gasteiger partial charge in [0, 0.05) is 17.4 Å². The van der Waals surface area contributed by atoms with Gasteiger partial charge in [-0.15, -0.1) is 0 Å². The predicted octanol–water partition coefficient (Wildman–Crippen LogP) is 3.70. The zero-order valence-corrected chi connectivity index (χ0v) is 18.6. The van der Waals surface area contributed by atoms with Crippen molar-refractivity contribution in [3.8, 4) is 0 Å². The molecule has 1 heterocycles. The van der Waals surface area contributed by atoms with E-state index in [9.17, 15) is 13.2 Å². The van der Waals surface area contributed by atoms with E-state index in [1.54, 1.807) is 36.7 Å². The number of benzene rings is 2. The van der Waals surface area contributed by atoms with Gasteiger partial charge in [0.05, 0.1) is 16.8 Å². The molecule has 7 nitrogen and oxygen atoms in total. The lowest BCUT2D eigenvalue weighted by molar-refractivity contribution is -0.119. The maximum Gasteiger partial charge on any atom is 0.264 e. The van der Waals surface area contributed by atoms with E-state index in [1.165, 1.54) is 30.5 Å². The Kier molecular flexibility index (Phi) is 7.04. The van der Waals surface area contributed by atoms with Crippen LogP contribution in [0.1, 0.15) is 16.7 Å². The highest BCUT2D eigenvalue weighted by atomic mass is 35.5. The summed E-state index contributed by atoms with van der Waals surface area (Å²) in [4.78, 5) is 16.5. The Balaban J connectivity index is 1.88. The number of pyridine rings is 1. The second kappa shape index (κ2) is 9.72. The predicted molar refractivity (Wildman–Crippen MR) is 122 cm³/mol. The van der Waals surface area contributed by atoms with Gasteiger partial charge in [0.15, 0.2) is 0 Å². The van der Waals surface area contributed by atoms with E-state index in [0.717, 1.165) is 21.0 Å². The molecular formula is C22H21ClN4O3S. The number of nitrogens with zero attached hydrogens (tertiary/aromatic N) is 3. The molecular weight excluding hydrogens is 436 g/mol. The molecule has 0 unspecified atom stereocenters. The van der Waals surface area contributed by atoms with E-state index in [2.05, 4.69) is 15.5 Å². The second-order valence-corrected chi connectivity index (χ2v) is 9.11. The third-order valence-corrected chi connectivity index (χ3v) is 6.62. The highest BCUT2D eigenvalue weighted by Gasteiger charge is 2.27. The summed E-state index contributed by atoms with van der Waals surface area (Å²) in [6, 6.07) is 14.5. The fourth-order valence-electron chi connectivity index (χ4n) is 2.72. The fraction of sp³-hybridized carbons (Fsp3) is 0.136. The molecule has 2 aromatic carbocycles. The van der Waals surface area contributed by atoms with Gasteiger partial charge in [-0.3, -0.25) is 14.1 Å². The van der Waals surface area contributed by atoms with Crippen LogP contribution in [0.25, 0.3) is 0 Å². The van der Waals surface area contributed by atoms with E-state index >= 15 is 0 Å². The summed E-state index contributed by atoms with van der Waals surface area (Å²) in [6.45, 7) is 3.36. The Morgan fingerprint density at radius 3 is 2.39 bits per heavy atom. The van der Waals surface area contributed by atoms with Crippen LogP contribution in [0.4, 0.5) is 5.69 Å². The number of rotatable bonds is 7. The van der Waals surface area contributed by atoms with Crippen molar-refractivity contribution in [1.29, 1.82) is 0 Å². The van der Waals surface area contributed by atoms with Crippen molar-refractivity contribution in [3.63, 3.8) is 0 Å². The van der Waals surface area contributed by atoms with Crippen LogP contribution in [-0.2, 0) is 14.8 Å². The maximum atomic E-state index is 13.3. The molecule has 0 fully saturated rings. The second-order valence-electron chi connectivity index (χ2n) is 6.81. The minimum absolute atomic E-state index is 0.0308. The highest BCUT2D eigenvalue weighted by Crippen LogP contribution is 2.26. The molecule has 31 heavy (non-hydrogen) atoms. The van der Waals surface area contributed by atoms with Gasteiger partial charge < -0.3 is 0 Å². The van der Waals surface area contributed by atoms with Crippen molar-refractivity contribution >= 4 is 39.4 Å². The van der Waals surface area contributed by atoms with Crippen molar-refractivity contribution in [2.45, 2.75) is 18.7 Å². The number of anilines is 1. The molecule has 1 aromatic heterocycles. The Bertz CT molecular complexity index is 1200. The molecule has 160 valence electrons. The molecule has 0 spiro atoms. The van der Waals surface area contributed by atoms with Crippen LogP contribution in [0.2, 0.25) is 5.02 Å². The lowest BCUT2D eigenvalue weighted by Gasteiger charge is -2.24. The quantitative estimate of drug-likeness (QED) is 0.433. The van der Waals surface area contributed by atoms with E-state index in [-0.39, 0.29) is 4.90 Å². The summed E-state index contributed by atoms with van der Waals surface area (Å²) in [5.41, 5.74) is 5.42. The zero-order chi connectivity index (χ0) is 22.4. The first-order valence-corrected chi connectivity index (χ1v) is 11.2. The van der Waals surface area contributed by atoms with Gasteiger partial charge in [0.25, 0.3) is 15.9 Å². The molecule has 1 amide bonds. The van der Waals surface area contributed by atoms with Crippen molar-refractivity contribution in [1.82, 2.24) is 10.4 Å². The van der Waals surface area contributed by atoms with Gasteiger partial charge in [0.1, 0.15) is 6.54 Å². The number of carbonyl (C=O) groups excluding carboxylic acids is 1. The number of hydrogen-bond acceptors (Lipinski definition) is 5. The molecule has 0 aliphatic carbocycles. The first-order chi connectivity index (χ1) is 14.8. The van der Waals surface area contributed by atoms with Crippen LogP contribution in [0.5, 0.6) is 0 Å². The van der Waals surface area contributed by atoms with Crippen molar-refractivity contribution in [3.05, 3.63) is 88.7 Å². The Labute approximate surface area is 186 Å². The van der Waals surface area contributed by atoms with E-state index in [0.29, 0.717) is 10.7 Å². The highest BCUT2D eigenvalue weighted by molar-refractivity contribution is 7.92. The average Bonchev–Trinajstić information content (AvgIpc) is 2.75. The average molecular weight is 457 g/mol. The lowest BCUT2D eigenvalue weighted by Crippen LogP contribution is -2.39. The van der Waals surface area contributed by atoms with E-state index < -0.39 is 22.5 Å². The molecule has 3 rings (SSSR count). The van der Waals surface area contributed by atoms with Crippen LogP contribution in [0.3, 0.4) is 0 Å². The van der Waals surface area contributed by atoms with E-state index in [4.69, 9.17) is 11.6 Å². The number of amides is 1. The number of nitrogens with one attached hydrogen (secondary N) is 1. The third kappa shape index (κ3) is 5.68. The topological polar surface area (TPSA) is 91.7 Å². The number of aryl methyl sites for hydroxylation is 2. The van der Waals surface area contributed by atoms with Gasteiger partial charge in [-0.2, -0.15) is 5.10 Å². The standard InChI is InChI=1S/C22H21ClN4O3S/c1-16-3-6-20(13-17(16)2)27(31(29,30)21-7-4-19(23)5-8-21)15-22(28)26-25-14-18-9-11-24-12-10-18/h3-14H,15H2,1-2H3,(H,26,28). The molecule has 0 radical (unpaired) electrons. The summed E-state index contributed by atoms with van der Waals surface area (Å²) >= 11 is 5.90. The van der Waals surface area contributed by atoms with Crippen LogP contribution in [-0.4, -0.2) is 32.1 Å². The van der Waals surface area contributed by atoms with Gasteiger partial charge in [-0.05, 0) is 79.1 Å². The molecule has 0 atom stereocenters. The first-order valence-electron chi connectivity index (χ1n) is 9.35. The normalized spacial score (nSPS) is 11.5. The molecule has 0 bridgehead atoms. The number of halogens is 1. The maximum absolute atomic E-state index is 13.3. The molecule has 1 N–H and O–H groups in total. The fourth-order valence-corrected chi connectivity index (χ4v) is 4.26. The lowest BCUT2D eigenvalue weighted by atomic mass is 10.1. The Morgan fingerprint density at radius 2 is 1.74 bits per heavy atom. The zero-order valence-electron chi connectivity index (χ0n) is 17.0. The minimum Gasteiger partial charge on any atom is -0.271 e. The van der Waals surface area contributed by atoms with Crippen LogP contribution >= 0.6 is 11.6 Å². The summed E-state index contributed by atoms with van der Waals surface area (Å²) < 4.78 is 27.7. The molecule has 3 aromatic rings.